The molecule has 0 atom stereocenters. The van der Waals surface area contributed by atoms with Crippen molar-refractivity contribution in [1.82, 2.24) is 3.53 Å². The van der Waals surface area contributed by atoms with Gasteiger partial charge in [0.15, 0.2) is 0 Å². The highest BCUT2D eigenvalue weighted by Gasteiger charge is 1.95. The monoisotopic (exact) mass is 290 g/mol. The Labute approximate surface area is 91.4 Å². The average molecular weight is 290 g/mol. The molecule has 1 amide bonds. The summed E-state index contributed by atoms with van der Waals surface area (Å²) < 4.78 is 3.03. The zero-order valence-electron chi connectivity index (χ0n) is 7.30. The van der Waals surface area contributed by atoms with Crippen LogP contribution in [-0.4, -0.2) is 5.91 Å². The van der Waals surface area contributed by atoms with Gasteiger partial charge in [0.1, 0.15) is 0 Å². The summed E-state index contributed by atoms with van der Waals surface area (Å²) in [7, 11) is 0. The van der Waals surface area contributed by atoms with E-state index in [2.05, 4.69) is 31.7 Å². The maximum atomic E-state index is 10.7. The molecule has 13 heavy (non-hydrogen) atoms. The number of hydrogen-bond acceptors (Lipinski definition) is 2. The van der Waals surface area contributed by atoms with Crippen LogP contribution in [0.4, 0.5) is 5.69 Å². The number of benzene rings is 1. The van der Waals surface area contributed by atoms with E-state index in [-0.39, 0.29) is 5.91 Å². The van der Waals surface area contributed by atoms with Crippen LogP contribution in [0.15, 0.2) is 24.3 Å². The van der Waals surface area contributed by atoms with Gasteiger partial charge in [0, 0.05) is 42.0 Å². The van der Waals surface area contributed by atoms with Crippen LogP contribution >= 0.6 is 22.9 Å². The minimum absolute atomic E-state index is 0.0419. The lowest BCUT2D eigenvalue weighted by Gasteiger charge is -2.03. The average Bonchev–Trinajstić information content (AvgIpc) is 2.08. The maximum absolute atomic E-state index is 10.7. The van der Waals surface area contributed by atoms with Gasteiger partial charge in [0.05, 0.1) is 0 Å². The van der Waals surface area contributed by atoms with Crippen LogP contribution in [-0.2, 0) is 11.3 Å². The van der Waals surface area contributed by atoms with E-state index in [1.807, 2.05) is 24.3 Å². The first kappa shape index (κ1) is 10.5. The summed E-state index contributed by atoms with van der Waals surface area (Å²) in [6.07, 6.45) is 0. The highest BCUT2D eigenvalue weighted by atomic mass is 127. The fraction of sp³-hybridized carbons (Fsp3) is 0.222. The molecule has 1 aromatic carbocycles. The quantitative estimate of drug-likeness (QED) is 0.661. The number of nitrogens with one attached hydrogen (secondary N) is 2. The molecule has 0 bridgehead atoms. The van der Waals surface area contributed by atoms with Gasteiger partial charge in [0.25, 0.3) is 0 Å². The van der Waals surface area contributed by atoms with Crippen LogP contribution in [0.2, 0.25) is 0 Å². The van der Waals surface area contributed by atoms with Crippen LogP contribution in [0, 0.1) is 0 Å². The van der Waals surface area contributed by atoms with Gasteiger partial charge in [-0.15, -0.1) is 0 Å². The van der Waals surface area contributed by atoms with Crippen molar-refractivity contribution >= 4 is 34.5 Å². The molecule has 70 valence electrons. The molecule has 1 aromatic rings. The highest BCUT2D eigenvalue weighted by Crippen LogP contribution is 2.09. The Morgan fingerprint density at radius 1 is 1.38 bits per heavy atom. The molecule has 1 rings (SSSR count). The summed E-state index contributed by atoms with van der Waals surface area (Å²) in [5.74, 6) is -0.0419. The van der Waals surface area contributed by atoms with E-state index in [0.29, 0.717) is 0 Å². The number of carbonyl (C=O) groups excluding carboxylic acids is 1. The smallest absolute Gasteiger partial charge is 0.221 e. The van der Waals surface area contributed by atoms with Crippen LogP contribution in [0.3, 0.4) is 0 Å². The largest absolute Gasteiger partial charge is 0.326 e. The third-order valence-electron chi connectivity index (χ3n) is 1.55. The second-order valence-corrected chi connectivity index (χ2v) is 3.45. The first-order chi connectivity index (χ1) is 6.22. The van der Waals surface area contributed by atoms with E-state index in [4.69, 9.17) is 0 Å². The van der Waals surface area contributed by atoms with Crippen molar-refractivity contribution in [1.29, 1.82) is 0 Å². The topological polar surface area (TPSA) is 41.1 Å². The molecule has 0 unspecified atom stereocenters. The van der Waals surface area contributed by atoms with Crippen molar-refractivity contribution in [2.45, 2.75) is 13.5 Å². The Morgan fingerprint density at radius 3 is 2.46 bits per heavy atom. The second-order valence-electron chi connectivity index (χ2n) is 2.69. The molecule has 0 radical (unpaired) electrons. The molecule has 0 aliphatic heterocycles. The van der Waals surface area contributed by atoms with Crippen molar-refractivity contribution in [3.8, 4) is 0 Å². The Hall–Kier alpha value is -0.620. The fourth-order valence-electron chi connectivity index (χ4n) is 0.986. The Morgan fingerprint density at radius 2 is 2.00 bits per heavy atom. The lowest BCUT2D eigenvalue weighted by atomic mass is 10.2. The van der Waals surface area contributed by atoms with Crippen LogP contribution in [0.1, 0.15) is 12.5 Å². The van der Waals surface area contributed by atoms with E-state index < -0.39 is 0 Å². The van der Waals surface area contributed by atoms with Crippen LogP contribution < -0.4 is 8.85 Å². The van der Waals surface area contributed by atoms with E-state index in [0.717, 1.165) is 12.2 Å². The number of anilines is 1. The van der Waals surface area contributed by atoms with E-state index in [9.17, 15) is 4.79 Å². The number of halogens is 1. The molecule has 0 aromatic heterocycles. The summed E-state index contributed by atoms with van der Waals surface area (Å²) in [5.41, 5.74) is 2.04. The normalized spacial score (nSPS) is 9.69. The van der Waals surface area contributed by atoms with Gasteiger partial charge in [-0.1, -0.05) is 12.1 Å². The van der Waals surface area contributed by atoms with Gasteiger partial charge in [-0.3, -0.25) is 8.32 Å². The predicted molar refractivity (Wildman–Crippen MR) is 61.6 cm³/mol. The summed E-state index contributed by atoms with van der Waals surface area (Å²) >= 11 is 2.10. The summed E-state index contributed by atoms with van der Waals surface area (Å²) in [5, 5.41) is 2.71. The Balaban J connectivity index is 2.64. The number of amides is 1. The number of rotatable bonds is 3. The lowest BCUT2D eigenvalue weighted by molar-refractivity contribution is -0.114. The van der Waals surface area contributed by atoms with Crippen molar-refractivity contribution in [2.24, 2.45) is 0 Å². The summed E-state index contributed by atoms with van der Waals surface area (Å²) in [6, 6.07) is 7.75. The standard InChI is InChI=1S/C9H11IN2O/c1-7(13)12-9-4-2-8(3-5-9)6-11-10/h2-5,11H,6H2,1H3,(H,12,13). The summed E-state index contributed by atoms with van der Waals surface area (Å²) in [4.78, 5) is 10.7. The minimum atomic E-state index is -0.0419. The molecule has 0 fully saturated rings. The molecule has 0 spiro atoms. The third-order valence-corrected chi connectivity index (χ3v) is 1.93. The van der Waals surface area contributed by atoms with E-state index in [1.165, 1.54) is 12.5 Å². The molecule has 2 N–H and O–H groups in total. The highest BCUT2D eigenvalue weighted by molar-refractivity contribution is 14.1. The molecule has 0 saturated carbocycles. The van der Waals surface area contributed by atoms with Crippen molar-refractivity contribution in [2.75, 3.05) is 5.32 Å². The molecule has 0 saturated heterocycles. The molecule has 0 heterocycles. The van der Waals surface area contributed by atoms with Crippen LogP contribution in [0.25, 0.3) is 0 Å². The molecular formula is C9H11IN2O. The zero-order valence-corrected chi connectivity index (χ0v) is 9.46. The lowest BCUT2D eigenvalue weighted by Crippen LogP contribution is -2.05. The van der Waals surface area contributed by atoms with Gasteiger partial charge >= 0.3 is 0 Å². The second kappa shape index (κ2) is 5.18. The van der Waals surface area contributed by atoms with Gasteiger partial charge in [-0.2, -0.15) is 0 Å². The zero-order chi connectivity index (χ0) is 9.68. The Bertz CT molecular complexity index is 284. The predicted octanol–water partition coefficient (Wildman–Crippen LogP) is 2.08. The number of hydrogen-bond donors (Lipinski definition) is 2. The first-order valence-corrected chi connectivity index (χ1v) is 5.00. The van der Waals surface area contributed by atoms with Gasteiger partial charge in [-0.25, -0.2) is 0 Å². The van der Waals surface area contributed by atoms with Crippen LogP contribution in [0.5, 0.6) is 0 Å². The van der Waals surface area contributed by atoms with Crippen molar-refractivity contribution in [3.63, 3.8) is 0 Å². The third kappa shape index (κ3) is 3.73. The molecule has 0 aliphatic carbocycles. The number of carbonyl (C=O) groups is 1. The Kier molecular flexibility index (Phi) is 4.17. The molecule has 0 aliphatic rings. The summed E-state index contributed by atoms with van der Waals surface area (Å²) in [6.45, 7) is 2.33. The first-order valence-electron chi connectivity index (χ1n) is 3.92. The SMILES string of the molecule is CC(=O)Nc1ccc(CNI)cc1. The maximum Gasteiger partial charge on any atom is 0.221 e. The van der Waals surface area contributed by atoms with E-state index in [1.54, 1.807) is 0 Å². The molecule has 3 nitrogen and oxygen atoms in total. The van der Waals surface area contributed by atoms with Crippen molar-refractivity contribution < 1.29 is 4.79 Å². The van der Waals surface area contributed by atoms with E-state index >= 15 is 0 Å². The van der Waals surface area contributed by atoms with Crippen molar-refractivity contribution in [3.05, 3.63) is 29.8 Å². The van der Waals surface area contributed by atoms with Gasteiger partial charge < -0.3 is 5.32 Å². The van der Waals surface area contributed by atoms with Gasteiger partial charge in [-0.05, 0) is 17.7 Å². The van der Waals surface area contributed by atoms with Gasteiger partial charge in [0.2, 0.25) is 5.91 Å². The fourth-order valence-corrected chi connectivity index (χ4v) is 1.43. The minimum Gasteiger partial charge on any atom is -0.326 e. The molecule has 4 heteroatoms. The molecular weight excluding hydrogens is 279 g/mol.